The molecule has 0 aliphatic heterocycles. The third-order valence-electron chi connectivity index (χ3n) is 2.68. The van der Waals surface area contributed by atoms with Crippen LogP contribution < -0.4 is 5.32 Å². The fraction of sp³-hybridized carbons (Fsp3) is 0.333. The van der Waals surface area contributed by atoms with E-state index < -0.39 is 27.1 Å². The quantitative estimate of drug-likeness (QED) is 0.590. The molecule has 116 valence electrons. The van der Waals surface area contributed by atoms with E-state index in [4.69, 9.17) is 5.26 Å². The van der Waals surface area contributed by atoms with Gasteiger partial charge in [-0.25, -0.2) is 0 Å². The van der Waals surface area contributed by atoms with Crippen molar-refractivity contribution in [2.45, 2.75) is 6.42 Å². The highest BCUT2D eigenvalue weighted by molar-refractivity contribution is 5.94. The fourth-order valence-corrected chi connectivity index (χ4v) is 1.65. The Labute approximate surface area is 125 Å². The standard InChI is InChI=1S/C12H13N5O5/c1-15(6-2-5-13)8-12(18)14-10-4-3-9(16(19)20)7-11(10)17(21)22/h3-4,7H,2,6,8H2,1H3,(H,14,18). The van der Waals surface area contributed by atoms with Gasteiger partial charge in [0.25, 0.3) is 11.4 Å². The summed E-state index contributed by atoms with van der Waals surface area (Å²) in [4.78, 5) is 33.4. The van der Waals surface area contributed by atoms with E-state index in [1.54, 1.807) is 11.9 Å². The van der Waals surface area contributed by atoms with Gasteiger partial charge in [0.2, 0.25) is 5.91 Å². The maximum atomic E-state index is 11.8. The second-order valence-corrected chi connectivity index (χ2v) is 4.41. The van der Waals surface area contributed by atoms with Gasteiger partial charge in [0, 0.05) is 19.0 Å². The van der Waals surface area contributed by atoms with Gasteiger partial charge in [-0.3, -0.25) is 29.9 Å². The van der Waals surface area contributed by atoms with Gasteiger partial charge in [0.1, 0.15) is 5.69 Å². The van der Waals surface area contributed by atoms with Gasteiger partial charge in [0.05, 0.1) is 28.5 Å². The third-order valence-corrected chi connectivity index (χ3v) is 2.68. The molecule has 1 aromatic carbocycles. The van der Waals surface area contributed by atoms with Crippen molar-refractivity contribution in [1.82, 2.24) is 4.90 Å². The summed E-state index contributed by atoms with van der Waals surface area (Å²) in [6.07, 6.45) is 0.251. The first kappa shape index (κ1) is 17.0. The van der Waals surface area contributed by atoms with E-state index in [-0.39, 0.29) is 18.7 Å². The number of nitrogens with zero attached hydrogens (tertiary/aromatic N) is 4. The van der Waals surface area contributed by atoms with Crippen LogP contribution in [-0.2, 0) is 4.79 Å². The lowest BCUT2D eigenvalue weighted by atomic mass is 10.2. The minimum absolute atomic E-state index is 0.0597. The molecule has 0 aromatic heterocycles. The molecule has 1 aromatic rings. The molecule has 0 bridgehead atoms. The number of benzene rings is 1. The molecule has 0 heterocycles. The van der Waals surface area contributed by atoms with Crippen molar-refractivity contribution in [3.8, 4) is 6.07 Å². The SMILES string of the molecule is CN(CCC#N)CC(=O)Nc1ccc([N+](=O)[O-])cc1[N+](=O)[O-]. The van der Waals surface area contributed by atoms with Crippen LogP contribution in [0.25, 0.3) is 0 Å². The number of amides is 1. The zero-order chi connectivity index (χ0) is 16.7. The third kappa shape index (κ3) is 4.80. The van der Waals surface area contributed by atoms with Crippen LogP contribution in [-0.4, -0.2) is 40.8 Å². The molecular weight excluding hydrogens is 294 g/mol. The van der Waals surface area contributed by atoms with Crippen molar-refractivity contribution in [2.24, 2.45) is 0 Å². The summed E-state index contributed by atoms with van der Waals surface area (Å²) in [5, 5.41) is 32.3. The molecule has 1 N–H and O–H groups in total. The maximum absolute atomic E-state index is 11.8. The highest BCUT2D eigenvalue weighted by atomic mass is 16.6. The molecule has 0 aliphatic rings. The molecule has 0 spiro atoms. The average Bonchev–Trinajstić information content (AvgIpc) is 2.44. The van der Waals surface area contributed by atoms with Crippen molar-refractivity contribution >= 4 is 23.0 Å². The topological polar surface area (TPSA) is 142 Å². The minimum atomic E-state index is -0.804. The molecule has 0 saturated carbocycles. The van der Waals surface area contributed by atoms with Crippen molar-refractivity contribution < 1.29 is 14.6 Å². The summed E-state index contributed by atoms with van der Waals surface area (Å²) in [7, 11) is 1.63. The smallest absolute Gasteiger partial charge is 0.299 e. The number of hydrogen-bond acceptors (Lipinski definition) is 7. The first-order chi connectivity index (χ1) is 10.3. The molecule has 0 saturated heterocycles. The summed E-state index contributed by atoms with van der Waals surface area (Å²) in [6, 6.07) is 4.91. The van der Waals surface area contributed by atoms with Crippen LogP contribution in [0.5, 0.6) is 0 Å². The number of anilines is 1. The Morgan fingerprint density at radius 1 is 1.36 bits per heavy atom. The lowest BCUT2D eigenvalue weighted by molar-refractivity contribution is -0.393. The number of nitro benzene ring substituents is 2. The molecule has 0 fully saturated rings. The summed E-state index contributed by atoms with van der Waals surface area (Å²) in [6.45, 7) is 0.322. The second-order valence-electron chi connectivity index (χ2n) is 4.41. The molecular formula is C12H13N5O5. The van der Waals surface area contributed by atoms with E-state index in [1.165, 1.54) is 0 Å². The van der Waals surface area contributed by atoms with Crippen LogP contribution in [0.4, 0.5) is 17.1 Å². The summed E-state index contributed by atoms with van der Waals surface area (Å²) in [5.74, 6) is -0.516. The Bertz CT molecular complexity index is 639. The van der Waals surface area contributed by atoms with Crippen LogP contribution >= 0.6 is 0 Å². The first-order valence-corrected chi connectivity index (χ1v) is 6.13. The fourth-order valence-electron chi connectivity index (χ4n) is 1.65. The van der Waals surface area contributed by atoms with Crippen molar-refractivity contribution in [3.05, 3.63) is 38.4 Å². The zero-order valence-electron chi connectivity index (χ0n) is 11.7. The number of nitriles is 1. The van der Waals surface area contributed by atoms with Crippen molar-refractivity contribution in [3.63, 3.8) is 0 Å². The van der Waals surface area contributed by atoms with Crippen LogP contribution in [0.1, 0.15) is 6.42 Å². The van der Waals surface area contributed by atoms with Gasteiger partial charge in [-0.15, -0.1) is 0 Å². The van der Waals surface area contributed by atoms with E-state index in [0.717, 1.165) is 18.2 Å². The summed E-state index contributed by atoms with van der Waals surface area (Å²) >= 11 is 0. The van der Waals surface area contributed by atoms with Crippen molar-refractivity contribution in [1.29, 1.82) is 5.26 Å². The predicted molar refractivity (Wildman–Crippen MR) is 76.1 cm³/mol. The Kier molecular flexibility index (Phi) is 5.91. The molecule has 10 nitrogen and oxygen atoms in total. The van der Waals surface area contributed by atoms with E-state index in [0.29, 0.717) is 6.54 Å². The molecule has 1 amide bonds. The van der Waals surface area contributed by atoms with Gasteiger partial charge >= 0.3 is 0 Å². The first-order valence-electron chi connectivity index (χ1n) is 6.13. The lowest BCUT2D eigenvalue weighted by Crippen LogP contribution is -2.30. The van der Waals surface area contributed by atoms with Crippen molar-refractivity contribution in [2.75, 3.05) is 25.5 Å². The number of likely N-dealkylation sites (N-methyl/N-ethyl adjacent to an activating group) is 1. The molecule has 10 heteroatoms. The van der Waals surface area contributed by atoms with E-state index >= 15 is 0 Å². The maximum Gasteiger partial charge on any atom is 0.299 e. The lowest BCUT2D eigenvalue weighted by Gasteiger charge is -2.14. The van der Waals surface area contributed by atoms with Crippen LogP contribution in [0.3, 0.4) is 0 Å². The molecule has 0 radical (unpaired) electrons. The molecule has 0 aliphatic carbocycles. The van der Waals surface area contributed by atoms with Crippen LogP contribution in [0.2, 0.25) is 0 Å². The normalized spacial score (nSPS) is 10.0. The second kappa shape index (κ2) is 7.65. The highest BCUT2D eigenvalue weighted by Gasteiger charge is 2.21. The number of hydrogen-bond donors (Lipinski definition) is 1. The molecule has 0 unspecified atom stereocenters. The van der Waals surface area contributed by atoms with E-state index in [2.05, 4.69) is 5.32 Å². The number of carbonyl (C=O) groups excluding carboxylic acids is 1. The Balaban J connectivity index is 2.84. The monoisotopic (exact) mass is 307 g/mol. The largest absolute Gasteiger partial charge is 0.319 e. The van der Waals surface area contributed by atoms with Gasteiger partial charge in [-0.2, -0.15) is 5.26 Å². The molecule has 1 rings (SSSR count). The van der Waals surface area contributed by atoms with Crippen LogP contribution in [0.15, 0.2) is 18.2 Å². The van der Waals surface area contributed by atoms with E-state index in [1.807, 2.05) is 6.07 Å². The highest BCUT2D eigenvalue weighted by Crippen LogP contribution is 2.28. The Morgan fingerprint density at radius 2 is 2.05 bits per heavy atom. The Morgan fingerprint density at radius 3 is 2.59 bits per heavy atom. The number of nitrogens with one attached hydrogen (secondary N) is 1. The number of rotatable bonds is 7. The Hall–Kier alpha value is -3.06. The van der Waals surface area contributed by atoms with E-state index in [9.17, 15) is 25.0 Å². The van der Waals surface area contributed by atoms with Gasteiger partial charge in [-0.05, 0) is 13.1 Å². The molecule has 0 atom stereocenters. The predicted octanol–water partition coefficient (Wildman–Crippen LogP) is 1.29. The minimum Gasteiger partial charge on any atom is -0.319 e. The zero-order valence-corrected chi connectivity index (χ0v) is 11.7. The number of carbonyl (C=O) groups is 1. The van der Waals surface area contributed by atoms with Crippen LogP contribution in [0, 0.1) is 31.6 Å². The number of nitro groups is 2. The van der Waals surface area contributed by atoms with Gasteiger partial charge in [0.15, 0.2) is 0 Å². The molecule has 22 heavy (non-hydrogen) atoms. The van der Waals surface area contributed by atoms with Gasteiger partial charge < -0.3 is 5.32 Å². The summed E-state index contributed by atoms with van der Waals surface area (Å²) < 4.78 is 0. The average molecular weight is 307 g/mol. The van der Waals surface area contributed by atoms with Gasteiger partial charge in [-0.1, -0.05) is 0 Å². The summed E-state index contributed by atoms with van der Waals surface area (Å²) in [5.41, 5.74) is -1.10. The number of non-ortho nitro benzene ring substituents is 1.